The predicted octanol–water partition coefficient (Wildman–Crippen LogP) is 1.25. The zero-order valence-corrected chi connectivity index (χ0v) is 9.39. The molecule has 84 valence electrons. The molecule has 0 aliphatic carbocycles. The summed E-state index contributed by atoms with van der Waals surface area (Å²) >= 11 is 0. The third-order valence-electron chi connectivity index (χ3n) is 2.57. The van der Waals surface area contributed by atoms with Crippen LogP contribution < -0.4 is 10.6 Å². The minimum Gasteiger partial charge on any atom is -0.394 e. The molecule has 0 unspecified atom stereocenters. The summed E-state index contributed by atoms with van der Waals surface area (Å²) < 4.78 is 0. The van der Waals surface area contributed by atoms with Gasteiger partial charge < -0.3 is 15.7 Å². The number of aliphatic hydroxyl groups excluding tert-OH is 1. The summed E-state index contributed by atoms with van der Waals surface area (Å²) in [6.07, 6.45) is 2.39. The quantitative estimate of drug-likeness (QED) is 0.607. The highest BCUT2D eigenvalue weighted by atomic mass is 16.3. The lowest BCUT2D eigenvalue weighted by molar-refractivity contribution is 0.152. The number of carbonyl (C=O) groups excluding carboxylic acids is 1. The van der Waals surface area contributed by atoms with Gasteiger partial charge in [0.2, 0.25) is 0 Å². The summed E-state index contributed by atoms with van der Waals surface area (Å²) in [5, 5.41) is 14.8. The normalized spacial score (nSPS) is 11.1. The SMILES string of the molecule is CCCNC(=O)NC(CC)(CC)CO. The Morgan fingerprint density at radius 3 is 2.21 bits per heavy atom. The van der Waals surface area contributed by atoms with Crippen LogP contribution in [-0.4, -0.2) is 29.8 Å². The Bertz CT molecular complexity index is 159. The number of hydrogen-bond donors (Lipinski definition) is 3. The van der Waals surface area contributed by atoms with Crippen molar-refractivity contribution in [3.05, 3.63) is 0 Å². The number of nitrogens with one attached hydrogen (secondary N) is 2. The Labute approximate surface area is 86.1 Å². The van der Waals surface area contributed by atoms with E-state index >= 15 is 0 Å². The van der Waals surface area contributed by atoms with Gasteiger partial charge >= 0.3 is 6.03 Å². The molecule has 0 aliphatic rings. The fourth-order valence-electron chi connectivity index (χ4n) is 1.21. The fraction of sp³-hybridized carbons (Fsp3) is 0.900. The van der Waals surface area contributed by atoms with Crippen molar-refractivity contribution < 1.29 is 9.90 Å². The minimum atomic E-state index is -0.460. The molecule has 2 amide bonds. The van der Waals surface area contributed by atoms with Crippen LogP contribution in [0.3, 0.4) is 0 Å². The topological polar surface area (TPSA) is 61.4 Å². The molecule has 0 fully saturated rings. The maximum Gasteiger partial charge on any atom is 0.315 e. The van der Waals surface area contributed by atoms with E-state index < -0.39 is 5.54 Å². The molecule has 14 heavy (non-hydrogen) atoms. The lowest BCUT2D eigenvalue weighted by Gasteiger charge is -2.30. The van der Waals surface area contributed by atoms with Gasteiger partial charge in [0, 0.05) is 6.54 Å². The fourth-order valence-corrected chi connectivity index (χ4v) is 1.21. The second-order valence-electron chi connectivity index (χ2n) is 3.53. The minimum absolute atomic E-state index is 0.0143. The van der Waals surface area contributed by atoms with Crippen LogP contribution in [0.2, 0.25) is 0 Å². The first-order chi connectivity index (χ1) is 6.64. The van der Waals surface area contributed by atoms with Gasteiger partial charge in [-0.3, -0.25) is 0 Å². The van der Waals surface area contributed by atoms with E-state index in [1.165, 1.54) is 0 Å². The predicted molar refractivity (Wildman–Crippen MR) is 57.2 cm³/mol. The van der Waals surface area contributed by atoms with E-state index in [9.17, 15) is 9.90 Å². The molecule has 0 spiro atoms. The molecule has 0 atom stereocenters. The monoisotopic (exact) mass is 202 g/mol. The Balaban J connectivity index is 4.08. The van der Waals surface area contributed by atoms with Crippen molar-refractivity contribution >= 4 is 6.03 Å². The molecule has 0 radical (unpaired) electrons. The van der Waals surface area contributed by atoms with Gasteiger partial charge in [-0.25, -0.2) is 4.79 Å². The van der Waals surface area contributed by atoms with Gasteiger partial charge in [0.1, 0.15) is 0 Å². The molecule has 0 aromatic carbocycles. The largest absolute Gasteiger partial charge is 0.394 e. The van der Waals surface area contributed by atoms with Gasteiger partial charge in [-0.1, -0.05) is 20.8 Å². The molecule has 0 heterocycles. The van der Waals surface area contributed by atoms with Gasteiger partial charge in [-0.2, -0.15) is 0 Å². The molecular formula is C10H22N2O2. The van der Waals surface area contributed by atoms with Crippen LogP contribution in [0.1, 0.15) is 40.0 Å². The van der Waals surface area contributed by atoms with Gasteiger partial charge in [0.25, 0.3) is 0 Å². The van der Waals surface area contributed by atoms with Crippen LogP contribution in [0.5, 0.6) is 0 Å². The average molecular weight is 202 g/mol. The van der Waals surface area contributed by atoms with Crippen molar-refractivity contribution in [2.45, 2.75) is 45.6 Å². The Hall–Kier alpha value is -0.770. The summed E-state index contributed by atoms with van der Waals surface area (Å²) in [6.45, 7) is 6.57. The van der Waals surface area contributed by atoms with Crippen LogP contribution in [0.4, 0.5) is 4.79 Å². The number of amides is 2. The van der Waals surface area contributed by atoms with Crippen LogP contribution >= 0.6 is 0 Å². The Morgan fingerprint density at radius 1 is 1.29 bits per heavy atom. The van der Waals surface area contributed by atoms with E-state index in [1.807, 2.05) is 20.8 Å². The standard InChI is InChI=1S/C10H22N2O2/c1-4-7-11-9(14)12-10(5-2,6-3)8-13/h13H,4-8H2,1-3H3,(H2,11,12,14). The van der Waals surface area contributed by atoms with E-state index in [0.29, 0.717) is 6.54 Å². The molecule has 4 nitrogen and oxygen atoms in total. The number of aliphatic hydroxyl groups is 1. The summed E-state index contributed by atoms with van der Waals surface area (Å²) in [5.41, 5.74) is -0.460. The van der Waals surface area contributed by atoms with E-state index in [4.69, 9.17) is 0 Å². The van der Waals surface area contributed by atoms with Crippen molar-refractivity contribution in [2.24, 2.45) is 0 Å². The van der Waals surface area contributed by atoms with Gasteiger partial charge in [0.15, 0.2) is 0 Å². The zero-order chi connectivity index (χ0) is 11.0. The smallest absolute Gasteiger partial charge is 0.315 e. The molecule has 0 aromatic rings. The number of hydrogen-bond acceptors (Lipinski definition) is 2. The lowest BCUT2D eigenvalue weighted by Crippen LogP contribution is -2.53. The highest BCUT2D eigenvalue weighted by Crippen LogP contribution is 2.13. The molecular weight excluding hydrogens is 180 g/mol. The van der Waals surface area contributed by atoms with Crippen molar-refractivity contribution in [3.8, 4) is 0 Å². The van der Waals surface area contributed by atoms with Crippen molar-refractivity contribution in [1.29, 1.82) is 0 Å². The summed E-state index contributed by atoms with van der Waals surface area (Å²) in [7, 11) is 0. The first-order valence-electron chi connectivity index (χ1n) is 5.31. The molecule has 3 N–H and O–H groups in total. The second kappa shape index (κ2) is 6.65. The van der Waals surface area contributed by atoms with Crippen LogP contribution in [0.15, 0.2) is 0 Å². The molecule has 0 aromatic heterocycles. The lowest BCUT2D eigenvalue weighted by atomic mass is 9.94. The molecule has 4 heteroatoms. The second-order valence-corrected chi connectivity index (χ2v) is 3.53. The number of rotatable bonds is 6. The molecule has 0 aliphatic heterocycles. The first-order valence-corrected chi connectivity index (χ1v) is 5.31. The van der Waals surface area contributed by atoms with Gasteiger partial charge in [-0.05, 0) is 19.3 Å². The van der Waals surface area contributed by atoms with Gasteiger partial charge in [0.05, 0.1) is 12.1 Å². The van der Waals surface area contributed by atoms with E-state index in [0.717, 1.165) is 19.3 Å². The number of urea groups is 1. The molecule has 0 rings (SSSR count). The van der Waals surface area contributed by atoms with E-state index in [2.05, 4.69) is 10.6 Å². The van der Waals surface area contributed by atoms with Crippen LogP contribution in [-0.2, 0) is 0 Å². The van der Waals surface area contributed by atoms with E-state index in [-0.39, 0.29) is 12.6 Å². The van der Waals surface area contributed by atoms with Crippen molar-refractivity contribution in [1.82, 2.24) is 10.6 Å². The van der Waals surface area contributed by atoms with Crippen molar-refractivity contribution in [2.75, 3.05) is 13.2 Å². The maximum atomic E-state index is 11.4. The number of carbonyl (C=O) groups is 1. The molecule has 0 bridgehead atoms. The Morgan fingerprint density at radius 2 is 1.86 bits per heavy atom. The van der Waals surface area contributed by atoms with Crippen LogP contribution in [0, 0.1) is 0 Å². The maximum absolute atomic E-state index is 11.4. The Kier molecular flexibility index (Phi) is 6.28. The third-order valence-corrected chi connectivity index (χ3v) is 2.57. The highest BCUT2D eigenvalue weighted by Gasteiger charge is 2.26. The first kappa shape index (κ1) is 13.2. The molecule has 0 saturated heterocycles. The molecule has 0 saturated carbocycles. The summed E-state index contributed by atoms with van der Waals surface area (Å²) in [5.74, 6) is 0. The van der Waals surface area contributed by atoms with Gasteiger partial charge in [-0.15, -0.1) is 0 Å². The summed E-state index contributed by atoms with van der Waals surface area (Å²) in [6, 6.07) is -0.190. The third kappa shape index (κ3) is 3.96. The average Bonchev–Trinajstić information content (AvgIpc) is 2.23. The summed E-state index contributed by atoms with van der Waals surface area (Å²) in [4.78, 5) is 11.4. The van der Waals surface area contributed by atoms with E-state index in [1.54, 1.807) is 0 Å². The van der Waals surface area contributed by atoms with Crippen molar-refractivity contribution in [3.63, 3.8) is 0 Å². The highest BCUT2D eigenvalue weighted by molar-refractivity contribution is 5.74. The van der Waals surface area contributed by atoms with Crippen LogP contribution in [0.25, 0.3) is 0 Å². The zero-order valence-electron chi connectivity index (χ0n) is 9.39.